The van der Waals surface area contributed by atoms with E-state index in [1.54, 1.807) is 49.5 Å². The molecule has 32 heavy (non-hydrogen) atoms. The van der Waals surface area contributed by atoms with Crippen LogP contribution in [0.15, 0.2) is 54.6 Å². The standard InChI is InChI=1S/C23H24FN5O3/c1-31-19-13-18(14-20(15-19)32-2)25-23(30)29-11-9-28(10-12-29)22-8-7-21(26-27-22)16-3-5-17(24)6-4-16/h3-8,13-15H,9-12H2,1-2H3,(H,25,30). The second kappa shape index (κ2) is 9.51. The summed E-state index contributed by atoms with van der Waals surface area (Å²) in [5, 5.41) is 11.5. The molecule has 1 saturated heterocycles. The van der Waals surface area contributed by atoms with Crippen LogP contribution in [0.25, 0.3) is 11.3 Å². The molecule has 166 valence electrons. The summed E-state index contributed by atoms with van der Waals surface area (Å²) in [4.78, 5) is 16.5. The molecular formula is C23H24FN5O3. The van der Waals surface area contributed by atoms with Crippen molar-refractivity contribution in [2.45, 2.75) is 0 Å². The lowest BCUT2D eigenvalue weighted by Gasteiger charge is -2.35. The van der Waals surface area contributed by atoms with E-state index in [4.69, 9.17) is 9.47 Å². The second-order valence-electron chi connectivity index (χ2n) is 7.29. The van der Waals surface area contributed by atoms with E-state index in [1.807, 2.05) is 12.1 Å². The molecule has 1 aliphatic rings. The summed E-state index contributed by atoms with van der Waals surface area (Å²) in [5.41, 5.74) is 2.09. The Labute approximate surface area is 185 Å². The first-order valence-corrected chi connectivity index (χ1v) is 10.2. The van der Waals surface area contributed by atoms with Gasteiger partial charge < -0.3 is 24.6 Å². The van der Waals surface area contributed by atoms with Crippen LogP contribution in [-0.4, -0.2) is 61.5 Å². The van der Waals surface area contributed by atoms with Gasteiger partial charge in [0.2, 0.25) is 0 Å². The molecule has 2 aromatic carbocycles. The molecule has 0 bridgehead atoms. The van der Waals surface area contributed by atoms with Crippen LogP contribution in [-0.2, 0) is 0 Å². The molecule has 2 amide bonds. The van der Waals surface area contributed by atoms with E-state index >= 15 is 0 Å². The first-order valence-electron chi connectivity index (χ1n) is 10.2. The van der Waals surface area contributed by atoms with Crippen molar-refractivity contribution >= 4 is 17.5 Å². The van der Waals surface area contributed by atoms with Crippen LogP contribution in [0.4, 0.5) is 20.7 Å². The number of carbonyl (C=O) groups excluding carboxylic acids is 1. The summed E-state index contributed by atoms with van der Waals surface area (Å²) < 4.78 is 23.6. The zero-order valence-corrected chi connectivity index (χ0v) is 17.9. The molecule has 1 aliphatic heterocycles. The van der Waals surface area contributed by atoms with Crippen molar-refractivity contribution in [3.63, 3.8) is 0 Å². The monoisotopic (exact) mass is 437 g/mol. The van der Waals surface area contributed by atoms with E-state index in [2.05, 4.69) is 20.4 Å². The Balaban J connectivity index is 1.34. The van der Waals surface area contributed by atoms with Crippen LogP contribution in [0.3, 0.4) is 0 Å². The second-order valence-corrected chi connectivity index (χ2v) is 7.29. The Morgan fingerprint density at radius 2 is 1.56 bits per heavy atom. The predicted molar refractivity (Wildman–Crippen MR) is 120 cm³/mol. The van der Waals surface area contributed by atoms with E-state index in [1.165, 1.54) is 12.1 Å². The zero-order valence-electron chi connectivity index (χ0n) is 17.9. The predicted octanol–water partition coefficient (Wildman–Crippen LogP) is 3.65. The van der Waals surface area contributed by atoms with Crippen LogP contribution in [0.1, 0.15) is 0 Å². The lowest BCUT2D eigenvalue weighted by atomic mass is 10.1. The molecular weight excluding hydrogens is 413 g/mol. The molecule has 0 radical (unpaired) electrons. The number of urea groups is 1. The Hall–Kier alpha value is -3.88. The van der Waals surface area contributed by atoms with Crippen LogP contribution in [0.2, 0.25) is 0 Å². The number of benzene rings is 2. The van der Waals surface area contributed by atoms with Gasteiger partial charge in [0.25, 0.3) is 0 Å². The van der Waals surface area contributed by atoms with Gasteiger partial charge in [-0.1, -0.05) is 0 Å². The van der Waals surface area contributed by atoms with Crippen LogP contribution >= 0.6 is 0 Å². The van der Waals surface area contributed by atoms with E-state index < -0.39 is 0 Å². The minimum Gasteiger partial charge on any atom is -0.497 e. The fraction of sp³-hybridized carbons (Fsp3) is 0.261. The Bertz CT molecular complexity index is 1050. The Morgan fingerprint density at radius 1 is 0.906 bits per heavy atom. The van der Waals surface area contributed by atoms with Gasteiger partial charge in [-0.2, -0.15) is 0 Å². The number of hydrogen-bond donors (Lipinski definition) is 1. The highest BCUT2D eigenvalue weighted by molar-refractivity contribution is 5.90. The minimum atomic E-state index is -0.286. The summed E-state index contributed by atoms with van der Waals surface area (Å²) in [6.45, 7) is 2.38. The highest BCUT2D eigenvalue weighted by Gasteiger charge is 2.22. The van der Waals surface area contributed by atoms with Gasteiger partial charge in [0.05, 0.1) is 19.9 Å². The summed E-state index contributed by atoms with van der Waals surface area (Å²) in [6.07, 6.45) is 0. The SMILES string of the molecule is COc1cc(NC(=O)N2CCN(c3ccc(-c4ccc(F)cc4)nn3)CC2)cc(OC)c1. The largest absolute Gasteiger partial charge is 0.497 e. The third kappa shape index (κ3) is 4.88. The highest BCUT2D eigenvalue weighted by atomic mass is 19.1. The fourth-order valence-corrected chi connectivity index (χ4v) is 3.49. The molecule has 2 heterocycles. The van der Waals surface area contributed by atoms with Crippen molar-refractivity contribution in [1.29, 1.82) is 0 Å². The van der Waals surface area contributed by atoms with Gasteiger partial charge in [-0.05, 0) is 36.4 Å². The van der Waals surface area contributed by atoms with Crippen molar-refractivity contribution in [3.8, 4) is 22.8 Å². The first-order chi connectivity index (χ1) is 15.6. The number of hydrogen-bond acceptors (Lipinski definition) is 6. The number of aromatic nitrogens is 2. The van der Waals surface area contributed by atoms with Crippen LogP contribution in [0.5, 0.6) is 11.5 Å². The summed E-state index contributed by atoms with van der Waals surface area (Å²) in [6, 6.07) is 15.0. The maximum absolute atomic E-state index is 13.1. The van der Waals surface area contributed by atoms with Gasteiger partial charge in [-0.15, -0.1) is 10.2 Å². The normalized spacial score (nSPS) is 13.6. The molecule has 1 fully saturated rings. The number of nitrogens with one attached hydrogen (secondary N) is 1. The number of piperazine rings is 1. The number of amides is 2. The number of rotatable bonds is 5. The molecule has 9 heteroatoms. The topological polar surface area (TPSA) is 79.8 Å². The molecule has 8 nitrogen and oxygen atoms in total. The van der Waals surface area contributed by atoms with E-state index in [0.717, 1.165) is 11.4 Å². The molecule has 0 aliphatic carbocycles. The average Bonchev–Trinajstić information content (AvgIpc) is 2.84. The molecule has 4 rings (SSSR count). The van der Waals surface area contributed by atoms with Crippen molar-refractivity contribution in [2.75, 3.05) is 50.6 Å². The van der Waals surface area contributed by atoms with Gasteiger partial charge >= 0.3 is 6.03 Å². The van der Waals surface area contributed by atoms with Gasteiger partial charge in [-0.3, -0.25) is 0 Å². The minimum absolute atomic E-state index is 0.183. The van der Waals surface area contributed by atoms with E-state index in [0.29, 0.717) is 49.1 Å². The fourth-order valence-electron chi connectivity index (χ4n) is 3.49. The van der Waals surface area contributed by atoms with Gasteiger partial charge in [-0.25, -0.2) is 9.18 Å². The zero-order chi connectivity index (χ0) is 22.5. The van der Waals surface area contributed by atoms with E-state index in [9.17, 15) is 9.18 Å². The smallest absolute Gasteiger partial charge is 0.321 e. The summed E-state index contributed by atoms with van der Waals surface area (Å²) >= 11 is 0. The van der Waals surface area contributed by atoms with Crippen LogP contribution in [0, 0.1) is 5.82 Å². The number of halogens is 1. The van der Waals surface area contributed by atoms with Gasteiger partial charge in [0, 0.05) is 55.6 Å². The van der Waals surface area contributed by atoms with Gasteiger partial charge in [0.1, 0.15) is 17.3 Å². The van der Waals surface area contributed by atoms with Crippen molar-refractivity contribution < 1.29 is 18.7 Å². The molecule has 1 N–H and O–H groups in total. The maximum Gasteiger partial charge on any atom is 0.321 e. The molecule has 0 spiro atoms. The molecule has 1 aromatic heterocycles. The molecule has 3 aromatic rings. The van der Waals surface area contributed by atoms with Crippen molar-refractivity contribution in [3.05, 3.63) is 60.4 Å². The van der Waals surface area contributed by atoms with Gasteiger partial charge in [0.15, 0.2) is 5.82 Å². The molecule has 0 atom stereocenters. The quantitative estimate of drug-likeness (QED) is 0.656. The number of anilines is 2. The number of nitrogens with zero attached hydrogens (tertiary/aromatic N) is 4. The average molecular weight is 437 g/mol. The summed E-state index contributed by atoms with van der Waals surface area (Å²) in [7, 11) is 3.13. The molecule has 0 unspecified atom stereocenters. The molecule has 0 saturated carbocycles. The van der Waals surface area contributed by atoms with E-state index in [-0.39, 0.29) is 11.8 Å². The Kier molecular flexibility index (Phi) is 6.34. The van der Waals surface area contributed by atoms with Crippen LogP contribution < -0.4 is 19.7 Å². The Morgan fingerprint density at radius 3 is 2.12 bits per heavy atom. The third-order valence-corrected chi connectivity index (χ3v) is 5.28. The number of carbonyl (C=O) groups is 1. The van der Waals surface area contributed by atoms with Crippen molar-refractivity contribution in [2.24, 2.45) is 0 Å². The lowest BCUT2D eigenvalue weighted by molar-refractivity contribution is 0.208. The summed E-state index contributed by atoms with van der Waals surface area (Å²) in [5.74, 6) is 1.67. The number of methoxy groups -OCH3 is 2. The number of ether oxygens (including phenoxy) is 2. The highest BCUT2D eigenvalue weighted by Crippen LogP contribution is 2.26. The first kappa shape index (κ1) is 21.4. The lowest BCUT2D eigenvalue weighted by Crippen LogP contribution is -2.50. The third-order valence-electron chi connectivity index (χ3n) is 5.28. The maximum atomic E-state index is 13.1. The van der Waals surface area contributed by atoms with Crippen molar-refractivity contribution in [1.82, 2.24) is 15.1 Å².